The van der Waals surface area contributed by atoms with Crippen molar-refractivity contribution in [1.82, 2.24) is 9.78 Å². The molecule has 0 radical (unpaired) electrons. The van der Waals surface area contributed by atoms with Gasteiger partial charge in [-0.1, -0.05) is 42.5 Å². The van der Waals surface area contributed by atoms with E-state index in [4.69, 9.17) is 35.4 Å². The number of nitrogens with one attached hydrogen (secondary N) is 2. The smallest absolute Gasteiger partial charge is 0.176 e. The van der Waals surface area contributed by atoms with E-state index >= 15 is 0 Å². The van der Waals surface area contributed by atoms with Crippen LogP contribution in [0.5, 0.6) is 0 Å². The number of benzene rings is 1. The summed E-state index contributed by atoms with van der Waals surface area (Å²) in [5.74, 6) is 0.912. The maximum absolute atomic E-state index is 6.02. The van der Waals surface area contributed by atoms with E-state index < -0.39 is 0 Å². The van der Waals surface area contributed by atoms with Crippen LogP contribution in [0.3, 0.4) is 0 Å². The third kappa shape index (κ3) is 4.16. The van der Waals surface area contributed by atoms with Crippen molar-refractivity contribution >= 4 is 52.0 Å². The summed E-state index contributed by atoms with van der Waals surface area (Å²) in [4.78, 5) is 0. The van der Waals surface area contributed by atoms with Gasteiger partial charge in [0.15, 0.2) is 5.11 Å². The summed E-state index contributed by atoms with van der Waals surface area (Å²) in [6.07, 6.45) is 7.98. The molecule has 1 aliphatic rings. The molecule has 0 atom stereocenters. The van der Waals surface area contributed by atoms with Gasteiger partial charge in [0.2, 0.25) is 0 Å². The second-order valence-corrected chi connectivity index (χ2v) is 6.88. The van der Waals surface area contributed by atoms with Gasteiger partial charge in [0.1, 0.15) is 5.82 Å². The van der Waals surface area contributed by atoms with E-state index in [0.29, 0.717) is 21.2 Å². The maximum Gasteiger partial charge on any atom is 0.176 e. The minimum absolute atomic E-state index is 0.453. The fourth-order valence-electron chi connectivity index (χ4n) is 2.88. The highest BCUT2D eigenvalue weighted by atomic mass is 35.5. The first-order chi connectivity index (χ1) is 11.1. The average molecular weight is 369 g/mol. The Balaban J connectivity index is 1.66. The molecule has 122 valence electrons. The molecule has 23 heavy (non-hydrogen) atoms. The topological polar surface area (TPSA) is 41.9 Å². The van der Waals surface area contributed by atoms with Gasteiger partial charge < -0.3 is 10.6 Å². The van der Waals surface area contributed by atoms with Crippen molar-refractivity contribution < 1.29 is 0 Å². The first kappa shape index (κ1) is 16.6. The van der Waals surface area contributed by atoms with Crippen LogP contribution in [0.1, 0.15) is 38.1 Å². The molecular formula is C16H18Cl2N4S. The van der Waals surface area contributed by atoms with Crippen LogP contribution >= 0.6 is 35.4 Å². The Morgan fingerprint density at radius 2 is 1.87 bits per heavy atom. The number of hydrogen-bond donors (Lipinski definition) is 2. The molecule has 1 aliphatic carbocycles. The summed E-state index contributed by atoms with van der Waals surface area (Å²) in [6, 6.07) is 7.71. The van der Waals surface area contributed by atoms with Crippen molar-refractivity contribution in [1.29, 1.82) is 0 Å². The normalized spacial score (nSPS) is 15.4. The minimum atomic E-state index is 0.453. The van der Waals surface area contributed by atoms with Crippen LogP contribution in [-0.2, 0) is 0 Å². The van der Waals surface area contributed by atoms with Gasteiger partial charge in [-0.25, -0.2) is 4.68 Å². The molecular weight excluding hydrogens is 351 g/mol. The van der Waals surface area contributed by atoms with Crippen molar-refractivity contribution in [2.24, 2.45) is 0 Å². The van der Waals surface area contributed by atoms with Crippen molar-refractivity contribution in [2.75, 3.05) is 10.6 Å². The standard InChI is InChI=1S/C16H18Cl2N4S/c17-13-7-6-11(10-14(13)18)20-16(23)21-15-8-9-19-22(15)12-4-2-1-3-5-12/h6-10,12H,1-5H2,(H2,20,21,23). The van der Waals surface area contributed by atoms with Gasteiger partial charge in [-0.15, -0.1) is 0 Å². The Morgan fingerprint density at radius 3 is 2.61 bits per heavy atom. The van der Waals surface area contributed by atoms with E-state index in [0.717, 1.165) is 11.5 Å². The van der Waals surface area contributed by atoms with Gasteiger partial charge in [-0.05, 0) is 43.3 Å². The highest BCUT2D eigenvalue weighted by Crippen LogP contribution is 2.30. The Kier molecular flexibility index (Phi) is 5.41. The molecule has 7 heteroatoms. The Hall–Kier alpha value is -1.30. The third-order valence-corrected chi connectivity index (χ3v) is 4.95. The van der Waals surface area contributed by atoms with Gasteiger partial charge in [0.05, 0.1) is 22.3 Å². The van der Waals surface area contributed by atoms with E-state index in [2.05, 4.69) is 15.7 Å². The first-order valence-corrected chi connectivity index (χ1v) is 8.86. The van der Waals surface area contributed by atoms with Crippen molar-refractivity contribution in [3.63, 3.8) is 0 Å². The molecule has 0 unspecified atom stereocenters. The van der Waals surface area contributed by atoms with E-state index in [1.807, 2.05) is 16.8 Å². The Labute approximate surface area is 151 Å². The molecule has 0 aliphatic heterocycles. The van der Waals surface area contributed by atoms with Crippen LogP contribution in [0, 0.1) is 0 Å². The highest BCUT2D eigenvalue weighted by Gasteiger charge is 2.18. The summed E-state index contributed by atoms with van der Waals surface area (Å²) >= 11 is 17.3. The second kappa shape index (κ2) is 7.51. The number of anilines is 2. The second-order valence-electron chi connectivity index (χ2n) is 5.66. The first-order valence-electron chi connectivity index (χ1n) is 7.70. The lowest BCUT2D eigenvalue weighted by atomic mass is 9.96. The number of aromatic nitrogens is 2. The van der Waals surface area contributed by atoms with Crippen molar-refractivity contribution in [3.8, 4) is 0 Å². The van der Waals surface area contributed by atoms with Crippen LogP contribution in [-0.4, -0.2) is 14.9 Å². The lowest BCUT2D eigenvalue weighted by Crippen LogP contribution is -2.23. The van der Waals surface area contributed by atoms with Gasteiger partial charge >= 0.3 is 0 Å². The lowest BCUT2D eigenvalue weighted by molar-refractivity contribution is 0.333. The zero-order valence-electron chi connectivity index (χ0n) is 12.6. The molecule has 0 spiro atoms. The number of nitrogens with zero attached hydrogens (tertiary/aromatic N) is 2. The fourth-order valence-corrected chi connectivity index (χ4v) is 3.40. The zero-order chi connectivity index (χ0) is 16.2. The molecule has 1 aromatic heterocycles. The third-order valence-electron chi connectivity index (χ3n) is 4.01. The molecule has 2 aromatic rings. The predicted octanol–water partition coefficient (Wildman–Crippen LogP) is 5.50. The molecule has 1 aromatic carbocycles. The molecule has 3 rings (SSSR count). The number of rotatable bonds is 3. The largest absolute Gasteiger partial charge is 0.332 e. The van der Waals surface area contributed by atoms with Gasteiger partial charge in [-0.3, -0.25) is 0 Å². The molecule has 1 saturated carbocycles. The van der Waals surface area contributed by atoms with E-state index in [1.165, 1.54) is 32.1 Å². The fraction of sp³-hybridized carbons (Fsp3) is 0.375. The van der Waals surface area contributed by atoms with Crippen molar-refractivity contribution in [3.05, 3.63) is 40.5 Å². The zero-order valence-corrected chi connectivity index (χ0v) is 14.9. The van der Waals surface area contributed by atoms with Crippen LogP contribution < -0.4 is 10.6 Å². The van der Waals surface area contributed by atoms with Gasteiger partial charge in [0, 0.05) is 11.8 Å². The van der Waals surface area contributed by atoms with E-state index in [1.54, 1.807) is 18.3 Å². The Bertz CT molecular complexity index is 695. The van der Waals surface area contributed by atoms with Crippen molar-refractivity contribution in [2.45, 2.75) is 38.1 Å². The molecule has 0 bridgehead atoms. The quantitative estimate of drug-likeness (QED) is 0.701. The SMILES string of the molecule is S=C(Nc1ccc(Cl)c(Cl)c1)Nc1ccnn1C1CCCCC1. The maximum atomic E-state index is 6.02. The van der Waals surface area contributed by atoms with Crippen LogP contribution in [0.15, 0.2) is 30.5 Å². The molecule has 2 N–H and O–H groups in total. The summed E-state index contributed by atoms with van der Waals surface area (Å²) in [6.45, 7) is 0. The number of halogens is 2. The summed E-state index contributed by atoms with van der Waals surface area (Å²) in [5.41, 5.74) is 0.792. The summed E-state index contributed by atoms with van der Waals surface area (Å²) < 4.78 is 2.04. The van der Waals surface area contributed by atoms with Crippen LogP contribution in [0.25, 0.3) is 0 Å². The van der Waals surface area contributed by atoms with Crippen LogP contribution in [0.4, 0.5) is 11.5 Å². The highest BCUT2D eigenvalue weighted by molar-refractivity contribution is 7.80. The molecule has 4 nitrogen and oxygen atoms in total. The molecule has 0 amide bonds. The van der Waals surface area contributed by atoms with Gasteiger partial charge in [0.25, 0.3) is 0 Å². The minimum Gasteiger partial charge on any atom is -0.332 e. The van der Waals surface area contributed by atoms with E-state index in [-0.39, 0.29) is 0 Å². The summed E-state index contributed by atoms with van der Waals surface area (Å²) in [5, 5.41) is 12.3. The molecule has 1 heterocycles. The van der Waals surface area contributed by atoms with Crippen LogP contribution in [0.2, 0.25) is 10.0 Å². The monoisotopic (exact) mass is 368 g/mol. The average Bonchev–Trinajstić information content (AvgIpc) is 3.00. The number of thiocarbonyl (C=S) groups is 1. The van der Waals surface area contributed by atoms with E-state index in [9.17, 15) is 0 Å². The predicted molar refractivity (Wildman–Crippen MR) is 101 cm³/mol. The summed E-state index contributed by atoms with van der Waals surface area (Å²) in [7, 11) is 0. The molecule has 1 fully saturated rings. The lowest BCUT2D eigenvalue weighted by Gasteiger charge is -2.24. The molecule has 0 saturated heterocycles. The number of hydrogen-bond acceptors (Lipinski definition) is 2. The van der Waals surface area contributed by atoms with Gasteiger partial charge in [-0.2, -0.15) is 5.10 Å². The Morgan fingerprint density at radius 1 is 1.09 bits per heavy atom.